The smallest absolute Gasteiger partial charge is 0.140 e. The molecule has 0 aliphatic carbocycles. The van der Waals surface area contributed by atoms with Gasteiger partial charge in [-0.1, -0.05) is 26.7 Å². The quantitative estimate of drug-likeness (QED) is 0.528. The van der Waals surface area contributed by atoms with Gasteiger partial charge in [-0.15, -0.1) is 6.42 Å². The van der Waals surface area contributed by atoms with Crippen LogP contribution in [0, 0.1) is 17.8 Å². The lowest BCUT2D eigenvalue weighted by atomic mass is 9.89. The van der Waals surface area contributed by atoms with Crippen molar-refractivity contribution in [2.45, 2.75) is 33.2 Å². The Morgan fingerprint density at radius 1 is 1.57 bits per heavy atom. The predicted octanol–water partition coefficient (Wildman–Crippen LogP) is 0.969. The normalized spacial score (nSPS) is 13.4. The van der Waals surface area contributed by atoms with Crippen molar-refractivity contribution in [1.82, 2.24) is 0 Å². The first-order chi connectivity index (χ1) is 6.38. The van der Waals surface area contributed by atoms with Gasteiger partial charge in [-0.2, -0.15) is 0 Å². The minimum absolute atomic E-state index is 0.187. The molecule has 0 heterocycles. The molecule has 0 amide bonds. The van der Waals surface area contributed by atoms with Crippen molar-refractivity contribution >= 4 is 5.78 Å². The molecule has 0 aliphatic heterocycles. The molecule has 3 nitrogen and oxygen atoms in total. The van der Waals surface area contributed by atoms with Gasteiger partial charge in [0, 0.05) is 11.8 Å². The molecular weight excluding hydrogens is 178 g/mol. The summed E-state index contributed by atoms with van der Waals surface area (Å²) in [6.45, 7) is 6.38. The molecule has 0 aromatic rings. The van der Waals surface area contributed by atoms with Gasteiger partial charge in [-0.25, -0.2) is 0 Å². The van der Waals surface area contributed by atoms with Crippen molar-refractivity contribution in [2.24, 2.45) is 11.1 Å². The second kappa shape index (κ2) is 5.79. The first kappa shape index (κ1) is 13.2. The van der Waals surface area contributed by atoms with Crippen LogP contribution < -0.4 is 5.73 Å². The minimum atomic E-state index is -0.375. The molecule has 0 fully saturated rings. The van der Waals surface area contributed by atoms with Gasteiger partial charge >= 0.3 is 0 Å². The maximum atomic E-state index is 11.4. The summed E-state index contributed by atoms with van der Waals surface area (Å²) in [7, 11) is 0. The van der Waals surface area contributed by atoms with E-state index in [9.17, 15) is 4.79 Å². The molecule has 80 valence electrons. The summed E-state index contributed by atoms with van der Waals surface area (Å²) in [5, 5.41) is 0. The number of carbonyl (C=O) groups excluding carboxylic acids is 1. The number of nitrogens with two attached hydrogens (primary N) is 1. The third-order valence-electron chi connectivity index (χ3n) is 1.82. The Kier molecular flexibility index (Phi) is 5.44. The Hall–Kier alpha value is -0.850. The second-order valence-corrected chi connectivity index (χ2v) is 4.27. The maximum Gasteiger partial charge on any atom is 0.140 e. The fourth-order valence-electron chi connectivity index (χ4n) is 0.798. The molecule has 3 heteroatoms. The number of carbonyl (C=O) groups is 1. The fraction of sp³-hybridized carbons (Fsp3) is 0.727. The second-order valence-electron chi connectivity index (χ2n) is 4.27. The molecule has 0 bridgehead atoms. The van der Waals surface area contributed by atoms with Crippen LogP contribution in [-0.2, 0) is 9.53 Å². The molecule has 0 aliphatic rings. The zero-order valence-electron chi connectivity index (χ0n) is 9.17. The van der Waals surface area contributed by atoms with Crippen LogP contribution in [0.2, 0.25) is 0 Å². The van der Waals surface area contributed by atoms with E-state index in [1.54, 1.807) is 0 Å². The number of ketones is 1. The van der Waals surface area contributed by atoms with Gasteiger partial charge in [0.1, 0.15) is 5.78 Å². The van der Waals surface area contributed by atoms with Crippen LogP contribution in [0.5, 0.6) is 0 Å². The highest BCUT2D eigenvalue weighted by molar-refractivity contribution is 5.83. The highest BCUT2D eigenvalue weighted by Gasteiger charge is 2.20. The van der Waals surface area contributed by atoms with Crippen molar-refractivity contribution in [3.63, 3.8) is 0 Å². The average Bonchev–Trinajstić information content (AvgIpc) is 2.09. The van der Waals surface area contributed by atoms with Gasteiger partial charge in [0.25, 0.3) is 0 Å². The topological polar surface area (TPSA) is 52.3 Å². The Balaban J connectivity index is 3.57. The van der Waals surface area contributed by atoms with Crippen LogP contribution in [-0.4, -0.2) is 25.0 Å². The van der Waals surface area contributed by atoms with E-state index in [0.29, 0.717) is 19.6 Å². The summed E-state index contributed by atoms with van der Waals surface area (Å²) >= 11 is 0. The highest BCUT2D eigenvalue weighted by atomic mass is 16.5. The van der Waals surface area contributed by atoms with E-state index in [4.69, 9.17) is 16.9 Å². The SMILES string of the molecule is C#C[C@H](N)COCCC(=O)C(C)(C)C. The molecule has 0 aromatic heterocycles. The molecule has 2 N–H and O–H groups in total. The van der Waals surface area contributed by atoms with E-state index in [-0.39, 0.29) is 17.2 Å². The average molecular weight is 197 g/mol. The lowest BCUT2D eigenvalue weighted by Crippen LogP contribution is -2.26. The fourth-order valence-corrected chi connectivity index (χ4v) is 0.798. The Bertz CT molecular complexity index is 222. The van der Waals surface area contributed by atoms with Crippen LogP contribution in [0.25, 0.3) is 0 Å². The van der Waals surface area contributed by atoms with Gasteiger partial charge in [-0.05, 0) is 0 Å². The summed E-state index contributed by atoms with van der Waals surface area (Å²) < 4.78 is 5.16. The number of rotatable bonds is 5. The van der Waals surface area contributed by atoms with Gasteiger partial charge in [-0.3, -0.25) is 4.79 Å². The first-order valence-electron chi connectivity index (χ1n) is 4.70. The molecule has 0 saturated carbocycles. The van der Waals surface area contributed by atoms with Crippen LogP contribution in [0.15, 0.2) is 0 Å². The summed E-state index contributed by atoms with van der Waals surface area (Å²) in [6.07, 6.45) is 5.48. The van der Waals surface area contributed by atoms with Gasteiger partial charge in [0.05, 0.1) is 19.3 Å². The Morgan fingerprint density at radius 3 is 2.57 bits per heavy atom. The summed E-state index contributed by atoms with van der Waals surface area (Å²) in [5.74, 6) is 2.54. The zero-order chi connectivity index (χ0) is 11.2. The van der Waals surface area contributed by atoms with Crippen molar-refractivity contribution in [3.8, 4) is 12.3 Å². The number of Topliss-reactive ketones (excluding diaryl/α,β-unsaturated/α-hetero) is 1. The highest BCUT2D eigenvalue weighted by Crippen LogP contribution is 2.16. The van der Waals surface area contributed by atoms with Crippen LogP contribution in [0.4, 0.5) is 0 Å². The third-order valence-corrected chi connectivity index (χ3v) is 1.82. The maximum absolute atomic E-state index is 11.4. The van der Waals surface area contributed by atoms with Crippen LogP contribution in [0.1, 0.15) is 27.2 Å². The van der Waals surface area contributed by atoms with Crippen molar-refractivity contribution < 1.29 is 9.53 Å². The Morgan fingerprint density at radius 2 is 2.14 bits per heavy atom. The van der Waals surface area contributed by atoms with Crippen molar-refractivity contribution in [1.29, 1.82) is 0 Å². The first-order valence-corrected chi connectivity index (χ1v) is 4.70. The number of terminal acetylenes is 1. The molecule has 14 heavy (non-hydrogen) atoms. The number of hydrogen-bond acceptors (Lipinski definition) is 3. The third kappa shape index (κ3) is 5.74. The number of ether oxygens (including phenoxy) is 1. The van der Waals surface area contributed by atoms with Crippen molar-refractivity contribution in [3.05, 3.63) is 0 Å². The molecule has 0 aromatic carbocycles. The predicted molar refractivity (Wildman–Crippen MR) is 56.7 cm³/mol. The summed E-state index contributed by atoms with van der Waals surface area (Å²) in [4.78, 5) is 11.4. The largest absolute Gasteiger partial charge is 0.378 e. The van der Waals surface area contributed by atoms with Crippen LogP contribution in [0.3, 0.4) is 0 Å². The molecule has 0 rings (SSSR count). The lowest BCUT2D eigenvalue weighted by molar-refractivity contribution is -0.127. The van der Waals surface area contributed by atoms with E-state index < -0.39 is 0 Å². The zero-order valence-corrected chi connectivity index (χ0v) is 9.17. The monoisotopic (exact) mass is 197 g/mol. The minimum Gasteiger partial charge on any atom is -0.378 e. The van der Waals surface area contributed by atoms with Gasteiger partial charge in [0.15, 0.2) is 0 Å². The standard InChI is InChI=1S/C11H19NO2/c1-5-9(12)8-14-7-6-10(13)11(2,3)4/h1,9H,6-8,12H2,2-4H3/t9-/m0/s1. The van der Waals surface area contributed by atoms with Crippen LogP contribution >= 0.6 is 0 Å². The molecule has 1 atom stereocenters. The van der Waals surface area contributed by atoms with Gasteiger partial charge in [0.2, 0.25) is 0 Å². The lowest BCUT2D eigenvalue weighted by Gasteiger charge is -2.16. The van der Waals surface area contributed by atoms with E-state index in [1.165, 1.54) is 0 Å². The molecule has 0 unspecified atom stereocenters. The molecule has 0 radical (unpaired) electrons. The number of hydrogen-bond donors (Lipinski definition) is 1. The van der Waals surface area contributed by atoms with E-state index in [1.807, 2.05) is 20.8 Å². The molecule has 0 spiro atoms. The Labute approximate surface area is 86.0 Å². The summed E-state index contributed by atoms with van der Waals surface area (Å²) in [5.41, 5.74) is 5.14. The van der Waals surface area contributed by atoms with Gasteiger partial charge < -0.3 is 10.5 Å². The summed E-state index contributed by atoms with van der Waals surface area (Å²) in [6, 6.07) is -0.375. The molecular formula is C11H19NO2. The van der Waals surface area contributed by atoms with E-state index in [2.05, 4.69) is 5.92 Å². The molecule has 0 saturated heterocycles. The van der Waals surface area contributed by atoms with E-state index >= 15 is 0 Å². The van der Waals surface area contributed by atoms with Crippen molar-refractivity contribution in [2.75, 3.05) is 13.2 Å². The van der Waals surface area contributed by atoms with E-state index in [0.717, 1.165) is 0 Å².